The Bertz CT molecular complexity index is 605. The van der Waals surface area contributed by atoms with Crippen LogP contribution >= 0.6 is 11.5 Å². The van der Waals surface area contributed by atoms with Crippen LogP contribution in [0.4, 0.5) is 0 Å². The van der Waals surface area contributed by atoms with Gasteiger partial charge >= 0.3 is 0 Å². The smallest absolute Gasteiger partial charge is 0.271 e. The summed E-state index contributed by atoms with van der Waals surface area (Å²) in [6.45, 7) is 4.25. The molecule has 7 nitrogen and oxygen atoms in total. The van der Waals surface area contributed by atoms with E-state index >= 15 is 0 Å². The fraction of sp³-hybridized carbons (Fsp3) is 0.692. The van der Waals surface area contributed by atoms with Gasteiger partial charge in [0.1, 0.15) is 10.4 Å². The highest BCUT2D eigenvalue weighted by Crippen LogP contribution is 2.28. The van der Waals surface area contributed by atoms with Crippen LogP contribution in [0.2, 0.25) is 0 Å². The maximum absolute atomic E-state index is 6.26. The van der Waals surface area contributed by atoms with Crippen LogP contribution in [0.1, 0.15) is 44.6 Å². The molecule has 8 heteroatoms. The minimum Gasteiger partial charge on any atom is -0.376 e. The molecule has 0 amide bonds. The van der Waals surface area contributed by atoms with Crippen LogP contribution in [0.15, 0.2) is 4.52 Å². The van der Waals surface area contributed by atoms with Gasteiger partial charge in [0.15, 0.2) is 5.82 Å². The van der Waals surface area contributed by atoms with Crippen LogP contribution in [-0.4, -0.2) is 32.4 Å². The van der Waals surface area contributed by atoms with E-state index in [1.165, 1.54) is 18.0 Å². The maximum Gasteiger partial charge on any atom is 0.271 e. The third-order valence-corrected chi connectivity index (χ3v) is 4.45. The summed E-state index contributed by atoms with van der Waals surface area (Å²) >= 11 is 1.25. The SMILES string of the molecule is CCc1nnsc1-c1nc(C(C)(N)COC2CCC2)no1. The molecular formula is C13H19N5O2S. The Hall–Kier alpha value is -1.38. The minimum absolute atomic E-state index is 0.330. The lowest BCUT2D eigenvalue weighted by Crippen LogP contribution is -2.41. The first-order valence-corrected chi connectivity index (χ1v) is 7.93. The van der Waals surface area contributed by atoms with Crippen molar-refractivity contribution in [1.29, 1.82) is 0 Å². The molecule has 2 heterocycles. The van der Waals surface area contributed by atoms with Gasteiger partial charge in [0.2, 0.25) is 0 Å². The largest absolute Gasteiger partial charge is 0.376 e. The summed E-state index contributed by atoms with van der Waals surface area (Å²) < 4.78 is 15.0. The van der Waals surface area contributed by atoms with Crippen molar-refractivity contribution >= 4 is 11.5 Å². The Balaban J connectivity index is 1.73. The summed E-state index contributed by atoms with van der Waals surface area (Å²) in [6, 6.07) is 0. The van der Waals surface area contributed by atoms with E-state index in [-0.39, 0.29) is 0 Å². The van der Waals surface area contributed by atoms with E-state index in [9.17, 15) is 0 Å². The van der Waals surface area contributed by atoms with E-state index in [4.69, 9.17) is 15.0 Å². The second-order valence-electron chi connectivity index (χ2n) is 5.61. The van der Waals surface area contributed by atoms with E-state index in [0.29, 0.717) is 24.4 Å². The zero-order valence-corrected chi connectivity index (χ0v) is 13.0. The summed E-state index contributed by atoms with van der Waals surface area (Å²) in [5.74, 6) is 0.879. The van der Waals surface area contributed by atoms with Gasteiger partial charge in [0, 0.05) is 0 Å². The van der Waals surface area contributed by atoms with Gasteiger partial charge in [-0.3, -0.25) is 0 Å². The molecule has 2 aromatic rings. The van der Waals surface area contributed by atoms with Crippen molar-refractivity contribution in [3.05, 3.63) is 11.5 Å². The van der Waals surface area contributed by atoms with Crippen LogP contribution in [0.5, 0.6) is 0 Å². The summed E-state index contributed by atoms with van der Waals surface area (Å²) in [5, 5.41) is 8.05. The number of aryl methyl sites for hydroxylation is 1. The van der Waals surface area contributed by atoms with Crippen molar-refractivity contribution < 1.29 is 9.26 Å². The second-order valence-corrected chi connectivity index (χ2v) is 6.36. The lowest BCUT2D eigenvalue weighted by atomic mass is 9.95. The van der Waals surface area contributed by atoms with Crippen molar-refractivity contribution in [1.82, 2.24) is 19.7 Å². The van der Waals surface area contributed by atoms with Gasteiger partial charge in [-0.15, -0.1) is 5.10 Å². The van der Waals surface area contributed by atoms with E-state index in [1.54, 1.807) is 0 Å². The average molecular weight is 309 g/mol. The van der Waals surface area contributed by atoms with E-state index < -0.39 is 5.54 Å². The molecule has 3 rings (SSSR count). The molecule has 1 atom stereocenters. The number of hydrogen-bond donors (Lipinski definition) is 1. The number of nitrogens with two attached hydrogens (primary N) is 1. The number of ether oxygens (including phenoxy) is 1. The van der Waals surface area contributed by atoms with Crippen LogP contribution in [0.25, 0.3) is 10.8 Å². The molecule has 0 aliphatic heterocycles. The summed E-state index contributed by atoms with van der Waals surface area (Å²) in [5.41, 5.74) is 6.36. The molecule has 1 aliphatic rings. The quantitative estimate of drug-likeness (QED) is 0.869. The molecule has 0 bridgehead atoms. The highest BCUT2D eigenvalue weighted by molar-refractivity contribution is 7.09. The molecule has 1 aliphatic carbocycles. The van der Waals surface area contributed by atoms with Crippen LogP contribution in [-0.2, 0) is 16.7 Å². The molecule has 0 spiro atoms. The first-order chi connectivity index (χ1) is 10.1. The Morgan fingerprint density at radius 1 is 1.48 bits per heavy atom. The van der Waals surface area contributed by atoms with E-state index in [2.05, 4.69) is 19.7 Å². The second kappa shape index (κ2) is 5.78. The number of aromatic nitrogens is 4. The Labute approximate surface area is 127 Å². The summed E-state index contributed by atoms with van der Waals surface area (Å²) in [6.07, 6.45) is 4.56. The predicted molar refractivity (Wildman–Crippen MR) is 77.7 cm³/mol. The standard InChI is InChI=1S/C13H19N5O2S/c1-3-9-10(21-18-16-9)11-15-12(17-20-11)13(2,14)7-19-8-5-4-6-8/h8H,3-7,14H2,1-2H3. The molecule has 0 radical (unpaired) electrons. The van der Waals surface area contributed by atoms with Gasteiger partial charge in [-0.05, 0) is 44.1 Å². The maximum atomic E-state index is 6.26. The summed E-state index contributed by atoms with van der Waals surface area (Å²) in [4.78, 5) is 5.21. The lowest BCUT2D eigenvalue weighted by molar-refractivity contribution is -0.0222. The molecule has 1 saturated carbocycles. The topological polar surface area (TPSA) is 100.0 Å². The van der Waals surface area contributed by atoms with Gasteiger partial charge in [-0.1, -0.05) is 16.6 Å². The van der Waals surface area contributed by atoms with Gasteiger partial charge < -0.3 is 15.0 Å². The van der Waals surface area contributed by atoms with E-state index in [1.807, 2.05) is 13.8 Å². The highest BCUT2D eigenvalue weighted by atomic mass is 32.1. The monoisotopic (exact) mass is 309 g/mol. The normalized spacial score (nSPS) is 18.4. The molecular weight excluding hydrogens is 290 g/mol. The van der Waals surface area contributed by atoms with Crippen LogP contribution in [0.3, 0.4) is 0 Å². The Morgan fingerprint density at radius 3 is 2.95 bits per heavy atom. The van der Waals surface area contributed by atoms with Crippen LogP contribution in [0, 0.1) is 0 Å². The van der Waals surface area contributed by atoms with Crippen LogP contribution < -0.4 is 5.73 Å². The molecule has 1 fully saturated rings. The number of hydrogen-bond acceptors (Lipinski definition) is 8. The van der Waals surface area contributed by atoms with E-state index in [0.717, 1.165) is 29.8 Å². The molecule has 21 heavy (non-hydrogen) atoms. The van der Waals surface area contributed by atoms with Crippen molar-refractivity contribution in [2.75, 3.05) is 6.61 Å². The third-order valence-electron chi connectivity index (χ3n) is 3.69. The highest BCUT2D eigenvalue weighted by Gasteiger charge is 2.31. The Morgan fingerprint density at radius 2 is 2.29 bits per heavy atom. The molecule has 2 N–H and O–H groups in total. The minimum atomic E-state index is -0.762. The van der Waals surface area contributed by atoms with Gasteiger partial charge in [0.05, 0.1) is 18.4 Å². The van der Waals surface area contributed by atoms with Crippen molar-refractivity contribution in [2.45, 2.75) is 51.2 Å². The Kier molecular flexibility index (Phi) is 4.01. The zero-order valence-electron chi connectivity index (χ0n) is 12.2. The fourth-order valence-corrected chi connectivity index (χ4v) is 2.72. The molecule has 114 valence electrons. The predicted octanol–water partition coefficient (Wildman–Crippen LogP) is 1.89. The fourth-order valence-electron chi connectivity index (χ4n) is 2.04. The molecule has 0 saturated heterocycles. The third kappa shape index (κ3) is 2.97. The molecule has 2 aromatic heterocycles. The van der Waals surface area contributed by atoms with Crippen molar-refractivity contribution in [3.8, 4) is 10.8 Å². The zero-order chi connectivity index (χ0) is 14.9. The van der Waals surface area contributed by atoms with Gasteiger partial charge in [-0.25, -0.2) is 0 Å². The average Bonchev–Trinajstić information content (AvgIpc) is 3.05. The number of nitrogens with zero attached hydrogens (tertiary/aromatic N) is 4. The van der Waals surface area contributed by atoms with Crippen molar-refractivity contribution in [3.63, 3.8) is 0 Å². The molecule has 1 unspecified atom stereocenters. The van der Waals surface area contributed by atoms with Crippen molar-refractivity contribution in [2.24, 2.45) is 5.73 Å². The van der Waals surface area contributed by atoms with Gasteiger partial charge in [-0.2, -0.15) is 4.98 Å². The first-order valence-electron chi connectivity index (χ1n) is 7.16. The summed E-state index contributed by atoms with van der Waals surface area (Å²) in [7, 11) is 0. The lowest BCUT2D eigenvalue weighted by Gasteiger charge is -2.29. The first kappa shape index (κ1) is 14.6. The van der Waals surface area contributed by atoms with Gasteiger partial charge in [0.25, 0.3) is 5.89 Å². The molecule has 0 aromatic carbocycles. The number of rotatable bonds is 6.